The third-order valence-corrected chi connectivity index (χ3v) is 2.46. The Morgan fingerprint density at radius 2 is 1.92 bits per heavy atom. The number of carbonyl (C=O) groups excluding carboxylic acids is 1. The van der Waals surface area contributed by atoms with Gasteiger partial charge in [-0.25, -0.2) is 0 Å². The van der Waals surface area contributed by atoms with Gasteiger partial charge in [-0.15, -0.1) is 0 Å². The Bertz CT molecular complexity index is 188. The molecule has 0 radical (unpaired) electrons. The van der Waals surface area contributed by atoms with Crippen molar-refractivity contribution in [1.29, 1.82) is 0 Å². The number of hydrogen-bond donors (Lipinski definition) is 1. The van der Waals surface area contributed by atoms with Gasteiger partial charge in [-0.2, -0.15) is 0 Å². The van der Waals surface area contributed by atoms with E-state index < -0.39 is 5.60 Å². The van der Waals surface area contributed by atoms with Gasteiger partial charge in [0.1, 0.15) is 5.60 Å². The summed E-state index contributed by atoms with van der Waals surface area (Å²) < 4.78 is 0. The molecular formula is C10H16O2. The van der Waals surface area contributed by atoms with Crippen LogP contribution >= 0.6 is 0 Å². The van der Waals surface area contributed by atoms with Gasteiger partial charge in [0.15, 0.2) is 5.78 Å². The number of hydrogen-bond acceptors (Lipinski definition) is 2. The smallest absolute Gasteiger partial charge is 0.186 e. The molecule has 0 bridgehead atoms. The summed E-state index contributed by atoms with van der Waals surface area (Å²) in [7, 11) is 0. The first-order valence-electron chi connectivity index (χ1n) is 4.58. The van der Waals surface area contributed by atoms with Crippen LogP contribution in [-0.2, 0) is 4.79 Å². The molecule has 1 aliphatic carbocycles. The van der Waals surface area contributed by atoms with E-state index in [1.807, 2.05) is 0 Å². The average Bonchev–Trinajstić information content (AvgIpc) is 2.06. The zero-order chi connectivity index (χ0) is 9.03. The zero-order valence-electron chi connectivity index (χ0n) is 7.55. The summed E-state index contributed by atoms with van der Waals surface area (Å²) >= 11 is 0. The average molecular weight is 168 g/mol. The Hall–Kier alpha value is -0.630. The Morgan fingerprint density at radius 1 is 1.33 bits per heavy atom. The molecule has 1 N–H and O–H groups in total. The zero-order valence-corrected chi connectivity index (χ0v) is 7.55. The minimum atomic E-state index is -1.04. The monoisotopic (exact) mass is 168 g/mol. The summed E-state index contributed by atoms with van der Waals surface area (Å²) in [6.45, 7) is 1.80. The van der Waals surface area contributed by atoms with E-state index in [0.717, 1.165) is 19.3 Å². The lowest BCUT2D eigenvalue weighted by atomic mass is 9.81. The Kier molecular flexibility index (Phi) is 3.04. The summed E-state index contributed by atoms with van der Waals surface area (Å²) in [5, 5.41) is 9.87. The fourth-order valence-corrected chi connectivity index (χ4v) is 1.69. The maximum atomic E-state index is 11.4. The number of rotatable bonds is 2. The fourth-order valence-electron chi connectivity index (χ4n) is 1.69. The van der Waals surface area contributed by atoms with E-state index in [1.54, 1.807) is 13.0 Å². The molecule has 0 aromatic heterocycles. The van der Waals surface area contributed by atoms with Crippen molar-refractivity contribution < 1.29 is 9.90 Å². The lowest BCUT2D eigenvalue weighted by Crippen LogP contribution is -2.39. The third-order valence-electron chi connectivity index (χ3n) is 2.46. The third kappa shape index (κ3) is 1.95. The van der Waals surface area contributed by atoms with Crippen LogP contribution in [0, 0.1) is 0 Å². The molecule has 0 atom stereocenters. The van der Waals surface area contributed by atoms with Crippen LogP contribution in [0.3, 0.4) is 0 Å². The first kappa shape index (κ1) is 9.46. The van der Waals surface area contributed by atoms with Gasteiger partial charge in [-0.05, 0) is 25.8 Å². The van der Waals surface area contributed by atoms with Gasteiger partial charge >= 0.3 is 0 Å². The first-order valence-corrected chi connectivity index (χ1v) is 4.58. The van der Waals surface area contributed by atoms with Crippen LogP contribution < -0.4 is 0 Å². The first-order chi connectivity index (χ1) is 5.69. The van der Waals surface area contributed by atoms with Crippen LogP contribution in [0.2, 0.25) is 0 Å². The van der Waals surface area contributed by atoms with Gasteiger partial charge in [-0.1, -0.05) is 25.3 Å². The molecule has 2 heteroatoms. The summed E-state index contributed by atoms with van der Waals surface area (Å²) in [5.74, 6) is -0.121. The maximum absolute atomic E-state index is 11.4. The van der Waals surface area contributed by atoms with E-state index in [9.17, 15) is 9.90 Å². The summed E-state index contributed by atoms with van der Waals surface area (Å²) in [4.78, 5) is 11.4. The van der Waals surface area contributed by atoms with Crippen molar-refractivity contribution in [2.75, 3.05) is 0 Å². The van der Waals surface area contributed by atoms with Crippen LogP contribution in [-0.4, -0.2) is 16.5 Å². The maximum Gasteiger partial charge on any atom is 0.186 e. The van der Waals surface area contributed by atoms with E-state index in [1.165, 1.54) is 6.08 Å². The van der Waals surface area contributed by atoms with Gasteiger partial charge in [0, 0.05) is 0 Å². The molecule has 68 valence electrons. The molecule has 0 heterocycles. The standard InChI is InChI=1S/C10H16O2/c1-2-6-9(11)10(12)7-4-3-5-8-10/h2,6,12H,3-5,7-8H2,1H3/b6-2-. The van der Waals surface area contributed by atoms with Crippen molar-refractivity contribution in [3.63, 3.8) is 0 Å². The van der Waals surface area contributed by atoms with Gasteiger partial charge in [0.05, 0.1) is 0 Å². The van der Waals surface area contributed by atoms with E-state index in [4.69, 9.17) is 0 Å². The van der Waals surface area contributed by atoms with Crippen molar-refractivity contribution in [3.8, 4) is 0 Å². The molecule has 0 spiro atoms. The molecule has 0 amide bonds. The molecule has 0 unspecified atom stereocenters. The minimum Gasteiger partial charge on any atom is -0.382 e. The number of allylic oxidation sites excluding steroid dienone is 1. The van der Waals surface area contributed by atoms with Crippen molar-refractivity contribution in [2.45, 2.75) is 44.6 Å². The van der Waals surface area contributed by atoms with E-state index in [0.29, 0.717) is 12.8 Å². The summed E-state index contributed by atoms with van der Waals surface area (Å²) in [5.41, 5.74) is -1.04. The molecule has 2 nitrogen and oxygen atoms in total. The Labute approximate surface area is 73.3 Å². The summed E-state index contributed by atoms with van der Waals surface area (Å²) in [6.07, 6.45) is 7.53. The second-order valence-electron chi connectivity index (χ2n) is 3.46. The van der Waals surface area contributed by atoms with Gasteiger partial charge in [0.25, 0.3) is 0 Å². The topological polar surface area (TPSA) is 37.3 Å². The SMILES string of the molecule is C/C=C\C(=O)C1(O)CCCCC1. The Morgan fingerprint density at radius 3 is 2.42 bits per heavy atom. The fraction of sp³-hybridized carbons (Fsp3) is 0.700. The lowest BCUT2D eigenvalue weighted by Gasteiger charge is -2.29. The van der Waals surface area contributed by atoms with E-state index >= 15 is 0 Å². The number of ketones is 1. The second kappa shape index (κ2) is 3.85. The molecule has 1 saturated carbocycles. The molecule has 0 aliphatic heterocycles. The number of aliphatic hydroxyl groups is 1. The molecule has 1 rings (SSSR count). The van der Waals surface area contributed by atoms with Crippen molar-refractivity contribution in [1.82, 2.24) is 0 Å². The van der Waals surface area contributed by atoms with Gasteiger partial charge in [0.2, 0.25) is 0 Å². The molecular weight excluding hydrogens is 152 g/mol. The number of carbonyl (C=O) groups is 1. The van der Waals surface area contributed by atoms with Crippen LogP contribution in [0.1, 0.15) is 39.0 Å². The molecule has 0 aromatic carbocycles. The van der Waals surface area contributed by atoms with Crippen molar-refractivity contribution in [3.05, 3.63) is 12.2 Å². The van der Waals surface area contributed by atoms with Crippen LogP contribution in [0.4, 0.5) is 0 Å². The quantitative estimate of drug-likeness (QED) is 0.639. The minimum absolute atomic E-state index is 0.121. The highest BCUT2D eigenvalue weighted by Crippen LogP contribution is 2.28. The highest BCUT2D eigenvalue weighted by molar-refractivity contribution is 5.96. The van der Waals surface area contributed by atoms with Crippen molar-refractivity contribution >= 4 is 5.78 Å². The van der Waals surface area contributed by atoms with Gasteiger partial charge in [-0.3, -0.25) is 4.79 Å². The van der Waals surface area contributed by atoms with Crippen LogP contribution in [0.15, 0.2) is 12.2 Å². The molecule has 1 fully saturated rings. The molecule has 1 aliphatic rings. The van der Waals surface area contributed by atoms with Crippen LogP contribution in [0.5, 0.6) is 0 Å². The molecule has 0 saturated heterocycles. The predicted octanol–water partition coefficient (Wildman–Crippen LogP) is 1.83. The van der Waals surface area contributed by atoms with Gasteiger partial charge < -0.3 is 5.11 Å². The predicted molar refractivity (Wildman–Crippen MR) is 47.9 cm³/mol. The van der Waals surface area contributed by atoms with E-state index in [-0.39, 0.29) is 5.78 Å². The molecule has 12 heavy (non-hydrogen) atoms. The normalized spacial score (nSPS) is 22.8. The highest BCUT2D eigenvalue weighted by Gasteiger charge is 2.34. The van der Waals surface area contributed by atoms with E-state index in [2.05, 4.69) is 0 Å². The lowest BCUT2D eigenvalue weighted by molar-refractivity contribution is -0.135. The second-order valence-corrected chi connectivity index (χ2v) is 3.46. The van der Waals surface area contributed by atoms with Crippen LogP contribution in [0.25, 0.3) is 0 Å². The largest absolute Gasteiger partial charge is 0.382 e. The Balaban J connectivity index is 2.62. The highest BCUT2D eigenvalue weighted by atomic mass is 16.3. The summed E-state index contributed by atoms with van der Waals surface area (Å²) in [6, 6.07) is 0. The molecule has 0 aromatic rings. The van der Waals surface area contributed by atoms with Crippen molar-refractivity contribution in [2.24, 2.45) is 0 Å².